The van der Waals surface area contributed by atoms with E-state index in [0.29, 0.717) is 0 Å². The van der Waals surface area contributed by atoms with Crippen molar-refractivity contribution < 1.29 is 8.42 Å². The van der Waals surface area contributed by atoms with E-state index in [0.717, 1.165) is 19.4 Å². The molecule has 0 aromatic heterocycles. The lowest BCUT2D eigenvalue weighted by molar-refractivity contribution is 0.510. The molecule has 0 amide bonds. The minimum atomic E-state index is -2.90. The molecule has 0 aromatic carbocycles. The van der Waals surface area contributed by atoms with Crippen molar-refractivity contribution in [3.05, 3.63) is 0 Å². The molecule has 14 heavy (non-hydrogen) atoms. The first-order valence-electron chi connectivity index (χ1n) is 5.39. The molecule has 0 bridgehead atoms. The highest BCUT2D eigenvalue weighted by Crippen LogP contribution is 2.06. The lowest BCUT2D eigenvalue weighted by Gasteiger charge is -2.18. The van der Waals surface area contributed by atoms with Crippen LogP contribution in [0.15, 0.2) is 0 Å². The largest absolute Gasteiger partial charge is 0.313 e. The first-order valence-corrected chi connectivity index (χ1v) is 7.10. The van der Waals surface area contributed by atoms with Crippen molar-refractivity contribution >= 4 is 9.84 Å². The normalized spacial score (nSPS) is 14.6. The number of hydrogen-bond acceptors (Lipinski definition) is 3. The van der Waals surface area contributed by atoms with Crippen molar-refractivity contribution in [2.75, 3.05) is 12.3 Å². The van der Waals surface area contributed by atoms with Gasteiger partial charge in [-0.1, -0.05) is 20.3 Å². The lowest BCUT2D eigenvalue weighted by atomic mass is 10.2. The van der Waals surface area contributed by atoms with Crippen LogP contribution in [0.3, 0.4) is 0 Å². The van der Waals surface area contributed by atoms with Gasteiger partial charge < -0.3 is 5.32 Å². The van der Waals surface area contributed by atoms with Gasteiger partial charge >= 0.3 is 0 Å². The molecular formula is C10H23NO2S. The van der Waals surface area contributed by atoms with Gasteiger partial charge in [-0.3, -0.25) is 0 Å². The van der Waals surface area contributed by atoms with Crippen molar-refractivity contribution in [1.29, 1.82) is 0 Å². The molecule has 86 valence electrons. The molecule has 0 aromatic rings. The Labute approximate surface area is 88.2 Å². The van der Waals surface area contributed by atoms with E-state index < -0.39 is 9.84 Å². The van der Waals surface area contributed by atoms with Crippen LogP contribution in [0.25, 0.3) is 0 Å². The molecule has 0 rings (SSSR count). The zero-order valence-electron chi connectivity index (χ0n) is 9.71. The highest BCUT2D eigenvalue weighted by atomic mass is 32.2. The number of rotatable bonds is 7. The van der Waals surface area contributed by atoms with Crippen LogP contribution < -0.4 is 5.32 Å². The number of sulfone groups is 1. The fraction of sp³-hybridized carbons (Fsp3) is 1.00. The minimum Gasteiger partial charge on any atom is -0.313 e. The van der Waals surface area contributed by atoms with Gasteiger partial charge in [0.2, 0.25) is 0 Å². The summed E-state index contributed by atoms with van der Waals surface area (Å²) in [5.41, 5.74) is 0. The van der Waals surface area contributed by atoms with Crippen LogP contribution in [-0.4, -0.2) is 32.0 Å². The molecule has 0 saturated carbocycles. The third-order valence-corrected chi connectivity index (χ3v) is 4.59. The molecule has 1 N–H and O–H groups in total. The van der Waals surface area contributed by atoms with Gasteiger partial charge in [0.15, 0.2) is 9.84 Å². The van der Waals surface area contributed by atoms with Crippen LogP contribution >= 0.6 is 0 Å². The molecule has 4 heteroatoms. The molecular weight excluding hydrogens is 198 g/mol. The average molecular weight is 221 g/mol. The Morgan fingerprint density at radius 1 is 1.21 bits per heavy atom. The van der Waals surface area contributed by atoms with E-state index in [1.807, 2.05) is 6.92 Å². The Bertz CT molecular complexity index is 229. The Balaban J connectivity index is 4.28. The zero-order valence-corrected chi connectivity index (χ0v) is 10.5. The molecule has 0 aliphatic rings. The van der Waals surface area contributed by atoms with Crippen LogP contribution in [0.4, 0.5) is 0 Å². The minimum absolute atomic E-state index is 0.123. The summed E-state index contributed by atoms with van der Waals surface area (Å²) in [5, 5.41) is 2.95. The van der Waals surface area contributed by atoms with E-state index >= 15 is 0 Å². The standard InChI is InChI=1S/C10H23NO2S/c1-5-7-10(11-6-2)8-14(12,13)9(3)4/h9-11H,5-8H2,1-4H3. The number of hydrogen-bond donors (Lipinski definition) is 1. The SMILES string of the molecule is CCCC(CS(=O)(=O)C(C)C)NCC. The Kier molecular flexibility index (Phi) is 6.36. The molecule has 0 spiro atoms. The van der Waals surface area contributed by atoms with E-state index in [9.17, 15) is 8.42 Å². The second kappa shape index (κ2) is 6.40. The van der Waals surface area contributed by atoms with Crippen LogP contribution in [0.5, 0.6) is 0 Å². The predicted octanol–water partition coefficient (Wildman–Crippen LogP) is 1.59. The molecule has 3 nitrogen and oxygen atoms in total. The summed E-state index contributed by atoms with van der Waals surface area (Å²) in [6, 6.07) is 0.123. The molecule has 1 atom stereocenters. The summed E-state index contributed by atoms with van der Waals surface area (Å²) < 4.78 is 23.3. The first kappa shape index (κ1) is 13.9. The van der Waals surface area contributed by atoms with Gasteiger partial charge in [0.1, 0.15) is 0 Å². The Morgan fingerprint density at radius 2 is 1.79 bits per heavy atom. The third kappa shape index (κ3) is 4.96. The topological polar surface area (TPSA) is 46.2 Å². The molecule has 0 saturated heterocycles. The second-order valence-corrected chi connectivity index (χ2v) is 6.52. The molecule has 0 aliphatic carbocycles. The Hall–Kier alpha value is -0.0900. The van der Waals surface area contributed by atoms with Gasteiger partial charge in [0.05, 0.1) is 11.0 Å². The monoisotopic (exact) mass is 221 g/mol. The summed E-state index contributed by atoms with van der Waals surface area (Å²) >= 11 is 0. The van der Waals surface area contributed by atoms with E-state index in [2.05, 4.69) is 12.2 Å². The maximum absolute atomic E-state index is 11.7. The maximum Gasteiger partial charge on any atom is 0.154 e. The van der Waals surface area contributed by atoms with Crippen molar-refractivity contribution in [3.63, 3.8) is 0 Å². The van der Waals surface area contributed by atoms with Crippen molar-refractivity contribution in [3.8, 4) is 0 Å². The van der Waals surface area contributed by atoms with Gasteiger partial charge in [0.25, 0.3) is 0 Å². The fourth-order valence-electron chi connectivity index (χ4n) is 1.35. The lowest BCUT2D eigenvalue weighted by Crippen LogP contribution is -2.37. The summed E-state index contributed by atoms with van der Waals surface area (Å²) in [4.78, 5) is 0. The van der Waals surface area contributed by atoms with E-state index in [4.69, 9.17) is 0 Å². The quantitative estimate of drug-likeness (QED) is 0.710. The molecule has 0 radical (unpaired) electrons. The van der Waals surface area contributed by atoms with Gasteiger partial charge in [-0.25, -0.2) is 8.42 Å². The van der Waals surface area contributed by atoms with Gasteiger partial charge in [-0.15, -0.1) is 0 Å². The van der Waals surface area contributed by atoms with Gasteiger partial charge in [0, 0.05) is 6.04 Å². The second-order valence-electron chi connectivity index (χ2n) is 3.92. The summed E-state index contributed by atoms with van der Waals surface area (Å²) in [6.45, 7) is 8.39. The van der Waals surface area contributed by atoms with Gasteiger partial charge in [-0.05, 0) is 26.8 Å². The third-order valence-electron chi connectivity index (χ3n) is 2.28. The van der Waals surface area contributed by atoms with Crippen molar-refractivity contribution in [2.24, 2.45) is 0 Å². The average Bonchev–Trinajstić information content (AvgIpc) is 2.04. The van der Waals surface area contributed by atoms with Gasteiger partial charge in [-0.2, -0.15) is 0 Å². The van der Waals surface area contributed by atoms with E-state index in [-0.39, 0.29) is 17.0 Å². The highest BCUT2D eigenvalue weighted by molar-refractivity contribution is 7.92. The van der Waals surface area contributed by atoms with Crippen molar-refractivity contribution in [1.82, 2.24) is 5.32 Å². The maximum atomic E-state index is 11.7. The van der Waals surface area contributed by atoms with Crippen molar-refractivity contribution in [2.45, 2.75) is 51.8 Å². The number of nitrogens with one attached hydrogen (secondary N) is 1. The smallest absolute Gasteiger partial charge is 0.154 e. The highest BCUT2D eigenvalue weighted by Gasteiger charge is 2.21. The molecule has 0 heterocycles. The van der Waals surface area contributed by atoms with E-state index in [1.54, 1.807) is 13.8 Å². The summed E-state index contributed by atoms with van der Waals surface area (Å²) in [6.07, 6.45) is 1.95. The molecule has 1 unspecified atom stereocenters. The van der Waals surface area contributed by atoms with Crippen LogP contribution in [0, 0.1) is 0 Å². The molecule has 0 fully saturated rings. The van der Waals surface area contributed by atoms with Crippen LogP contribution in [-0.2, 0) is 9.84 Å². The Morgan fingerprint density at radius 3 is 2.14 bits per heavy atom. The summed E-state index contributed by atoms with van der Waals surface area (Å²) in [5.74, 6) is 0.270. The van der Waals surface area contributed by atoms with Crippen LogP contribution in [0.2, 0.25) is 0 Å². The first-order chi connectivity index (χ1) is 6.44. The fourth-order valence-corrected chi connectivity index (χ4v) is 2.58. The molecule has 0 aliphatic heterocycles. The predicted molar refractivity (Wildman–Crippen MR) is 61.3 cm³/mol. The van der Waals surface area contributed by atoms with Crippen LogP contribution in [0.1, 0.15) is 40.5 Å². The summed E-state index contributed by atoms with van der Waals surface area (Å²) in [7, 11) is -2.90. The zero-order chi connectivity index (χ0) is 11.2. The van der Waals surface area contributed by atoms with E-state index in [1.165, 1.54) is 0 Å².